The largest absolute Gasteiger partial charge is 0.350 e. The van der Waals surface area contributed by atoms with Crippen LogP contribution in [-0.4, -0.2) is 51.6 Å². The third-order valence-electron chi connectivity index (χ3n) is 5.83. The second kappa shape index (κ2) is 11.0. The number of halogens is 1. The molecule has 0 radical (unpaired) electrons. The van der Waals surface area contributed by atoms with Gasteiger partial charge in [-0.3, -0.25) is 24.1 Å². The maximum atomic E-state index is 13.4. The number of fused-ring (bicyclic) bond motifs is 1. The molecule has 1 aliphatic heterocycles. The molecule has 1 unspecified atom stereocenters. The number of hydrogen-bond acceptors (Lipinski definition) is 4. The van der Waals surface area contributed by atoms with Crippen LogP contribution in [0.3, 0.4) is 0 Å². The summed E-state index contributed by atoms with van der Waals surface area (Å²) < 4.78 is 0. The molecule has 0 fully saturated rings. The van der Waals surface area contributed by atoms with Crippen LogP contribution in [0, 0.1) is 0 Å². The first-order chi connectivity index (χ1) is 16.5. The molecule has 8 heteroatoms. The van der Waals surface area contributed by atoms with Gasteiger partial charge in [-0.25, -0.2) is 0 Å². The molecule has 2 aromatic carbocycles. The van der Waals surface area contributed by atoms with Crippen molar-refractivity contribution in [2.45, 2.75) is 65.1 Å². The minimum atomic E-state index is -0.683. The van der Waals surface area contributed by atoms with Crippen molar-refractivity contribution in [3.63, 3.8) is 0 Å². The van der Waals surface area contributed by atoms with Crippen LogP contribution in [0.25, 0.3) is 0 Å². The van der Waals surface area contributed by atoms with E-state index in [9.17, 15) is 19.2 Å². The van der Waals surface area contributed by atoms with Gasteiger partial charge in [-0.15, -0.1) is 0 Å². The Bertz CT molecular complexity index is 1090. The molecule has 1 heterocycles. The first kappa shape index (κ1) is 26.4. The predicted molar refractivity (Wildman–Crippen MR) is 135 cm³/mol. The van der Waals surface area contributed by atoms with Gasteiger partial charge in [0.15, 0.2) is 0 Å². The molecule has 0 bridgehead atoms. The third-order valence-corrected chi connectivity index (χ3v) is 6.20. The standard InChI is InChI=1S/C27H32ClN3O4/c1-5-22(24(33)29-27(2,3)4)31(17-18-11-6-9-14-21(18)28)23(32)15-10-16-30-25(34)19-12-7-8-13-20(19)26(30)35/h6-9,11-14,22H,5,10,15-17H2,1-4H3,(H,29,33). The quantitative estimate of drug-likeness (QED) is 0.519. The third kappa shape index (κ3) is 6.28. The molecule has 1 N–H and O–H groups in total. The first-order valence-corrected chi connectivity index (χ1v) is 12.2. The number of nitrogens with one attached hydrogen (secondary N) is 1. The van der Waals surface area contributed by atoms with Crippen LogP contribution < -0.4 is 5.32 Å². The van der Waals surface area contributed by atoms with E-state index in [0.717, 1.165) is 5.56 Å². The second-order valence-electron chi connectivity index (χ2n) is 9.69. The van der Waals surface area contributed by atoms with E-state index >= 15 is 0 Å². The van der Waals surface area contributed by atoms with Crippen LogP contribution in [0.5, 0.6) is 0 Å². The lowest BCUT2D eigenvalue weighted by atomic mass is 10.0. The Morgan fingerprint density at radius 1 is 1.00 bits per heavy atom. The highest BCUT2D eigenvalue weighted by atomic mass is 35.5. The molecule has 0 saturated heterocycles. The van der Waals surface area contributed by atoms with Gasteiger partial charge in [-0.05, 0) is 57.4 Å². The van der Waals surface area contributed by atoms with E-state index in [1.807, 2.05) is 45.9 Å². The van der Waals surface area contributed by atoms with E-state index in [4.69, 9.17) is 11.6 Å². The number of imide groups is 1. The van der Waals surface area contributed by atoms with Crippen LogP contribution in [0.15, 0.2) is 48.5 Å². The van der Waals surface area contributed by atoms with Crippen molar-refractivity contribution in [3.05, 3.63) is 70.2 Å². The minimum absolute atomic E-state index is 0.0805. The lowest BCUT2D eigenvalue weighted by Gasteiger charge is -2.33. The zero-order valence-corrected chi connectivity index (χ0v) is 21.4. The summed E-state index contributed by atoms with van der Waals surface area (Å²) in [4.78, 5) is 54.4. The fourth-order valence-corrected chi connectivity index (χ4v) is 4.35. The smallest absolute Gasteiger partial charge is 0.261 e. The number of carbonyl (C=O) groups excluding carboxylic acids is 4. The maximum absolute atomic E-state index is 13.4. The molecule has 1 atom stereocenters. The first-order valence-electron chi connectivity index (χ1n) is 11.8. The average molecular weight is 498 g/mol. The predicted octanol–water partition coefficient (Wildman–Crippen LogP) is 4.44. The van der Waals surface area contributed by atoms with Crippen molar-refractivity contribution in [3.8, 4) is 0 Å². The molecule has 3 rings (SSSR count). The van der Waals surface area contributed by atoms with E-state index in [1.54, 1.807) is 35.2 Å². The molecule has 0 saturated carbocycles. The zero-order chi connectivity index (χ0) is 25.8. The molecule has 7 nitrogen and oxygen atoms in total. The molecular formula is C27H32ClN3O4. The van der Waals surface area contributed by atoms with Gasteiger partial charge in [0.05, 0.1) is 11.1 Å². The van der Waals surface area contributed by atoms with Crippen molar-refractivity contribution in [2.24, 2.45) is 0 Å². The molecule has 2 aromatic rings. The Hall–Kier alpha value is -3.19. The van der Waals surface area contributed by atoms with E-state index in [0.29, 0.717) is 29.0 Å². The molecule has 186 valence electrons. The van der Waals surface area contributed by atoms with Gasteiger partial charge < -0.3 is 10.2 Å². The van der Waals surface area contributed by atoms with E-state index in [2.05, 4.69) is 5.32 Å². The Morgan fingerprint density at radius 2 is 1.57 bits per heavy atom. The molecule has 1 aliphatic rings. The van der Waals surface area contributed by atoms with Crippen molar-refractivity contribution in [1.82, 2.24) is 15.1 Å². The van der Waals surface area contributed by atoms with Gasteiger partial charge in [0.2, 0.25) is 11.8 Å². The van der Waals surface area contributed by atoms with Crippen molar-refractivity contribution in [2.75, 3.05) is 6.54 Å². The fourth-order valence-electron chi connectivity index (χ4n) is 4.16. The Labute approximate surface area is 211 Å². The second-order valence-corrected chi connectivity index (χ2v) is 10.1. The summed E-state index contributed by atoms with van der Waals surface area (Å²) in [5, 5.41) is 3.48. The zero-order valence-electron chi connectivity index (χ0n) is 20.6. The maximum Gasteiger partial charge on any atom is 0.261 e. The van der Waals surface area contributed by atoms with Gasteiger partial charge in [-0.2, -0.15) is 0 Å². The van der Waals surface area contributed by atoms with Gasteiger partial charge >= 0.3 is 0 Å². The Kier molecular flexibility index (Phi) is 8.33. The normalized spacial score (nSPS) is 14.0. The van der Waals surface area contributed by atoms with Gasteiger partial charge in [0.1, 0.15) is 6.04 Å². The Balaban J connectivity index is 1.74. The van der Waals surface area contributed by atoms with E-state index in [1.165, 1.54) is 4.90 Å². The molecule has 0 spiro atoms. The minimum Gasteiger partial charge on any atom is -0.350 e. The van der Waals surface area contributed by atoms with E-state index in [-0.39, 0.29) is 43.1 Å². The highest BCUT2D eigenvalue weighted by molar-refractivity contribution is 6.31. The van der Waals surface area contributed by atoms with Crippen LogP contribution in [0.1, 0.15) is 73.2 Å². The lowest BCUT2D eigenvalue weighted by Crippen LogP contribution is -2.53. The van der Waals surface area contributed by atoms with Gasteiger partial charge in [0.25, 0.3) is 11.8 Å². The number of amides is 4. The highest BCUT2D eigenvalue weighted by Gasteiger charge is 2.35. The van der Waals surface area contributed by atoms with Crippen LogP contribution in [0.2, 0.25) is 5.02 Å². The Morgan fingerprint density at radius 3 is 2.11 bits per heavy atom. The highest BCUT2D eigenvalue weighted by Crippen LogP contribution is 2.24. The summed E-state index contributed by atoms with van der Waals surface area (Å²) in [5.41, 5.74) is 1.06. The molecule has 0 aromatic heterocycles. The molecule has 0 aliphatic carbocycles. The molecular weight excluding hydrogens is 466 g/mol. The summed E-state index contributed by atoms with van der Waals surface area (Å²) in [6, 6.07) is 13.2. The van der Waals surface area contributed by atoms with E-state index < -0.39 is 11.6 Å². The molecule has 35 heavy (non-hydrogen) atoms. The molecule has 4 amide bonds. The summed E-state index contributed by atoms with van der Waals surface area (Å²) in [6.45, 7) is 7.84. The lowest BCUT2D eigenvalue weighted by molar-refractivity contribution is -0.142. The summed E-state index contributed by atoms with van der Waals surface area (Å²) >= 11 is 6.35. The summed E-state index contributed by atoms with van der Waals surface area (Å²) in [5.74, 6) is -1.16. The number of benzene rings is 2. The monoisotopic (exact) mass is 497 g/mol. The average Bonchev–Trinajstić information content (AvgIpc) is 3.04. The topological polar surface area (TPSA) is 86.8 Å². The van der Waals surface area contributed by atoms with Crippen molar-refractivity contribution < 1.29 is 19.2 Å². The summed E-state index contributed by atoms with van der Waals surface area (Å²) in [7, 11) is 0. The van der Waals surface area contributed by atoms with Crippen LogP contribution in [-0.2, 0) is 16.1 Å². The van der Waals surface area contributed by atoms with Crippen molar-refractivity contribution >= 4 is 35.2 Å². The fraction of sp³-hybridized carbons (Fsp3) is 0.407. The van der Waals surface area contributed by atoms with Gasteiger partial charge in [0, 0.05) is 30.1 Å². The summed E-state index contributed by atoms with van der Waals surface area (Å²) in [6.07, 6.45) is 0.800. The van der Waals surface area contributed by atoms with Crippen LogP contribution in [0.4, 0.5) is 0 Å². The van der Waals surface area contributed by atoms with Gasteiger partial charge in [-0.1, -0.05) is 48.9 Å². The number of carbonyl (C=O) groups is 4. The number of hydrogen-bond donors (Lipinski definition) is 1. The SMILES string of the molecule is CCC(C(=O)NC(C)(C)C)N(Cc1ccccc1Cl)C(=O)CCCN1C(=O)c2ccccc2C1=O. The van der Waals surface area contributed by atoms with Crippen LogP contribution >= 0.6 is 11.6 Å². The number of nitrogens with zero attached hydrogens (tertiary/aromatic N) is 2. The van der Waals surface area contributed by atoms with Crippen molar-refractivity contribution in [1.29, 1.82) is 0 Å². The number of rotatable bonds is 9.